The van der Waals surface area contributed by atoms with Gasteiger partial charge in [0.25, 0.3) is 0 Å². The van der Waals surface area contributed by atoms with E-state index in [-0.39, 0.29) is 20.1 Å². The Kier molecular flexibility index (Phi) is 8.18. The summed E-state index contributed by atoms with van der Waals surface area (Å²) in [6.07, 6.45) is 3.62. The van der Waals surface area contributed by atoms with Gasteiger partial charge in [-0.25, -0.2) is 0 Å². The van der Waals surface area contributed by atoms with Gasteiger partial charge in [-0.05, 0) is 36.5 Å². The molecule has 3 aromatic heterocycles. The Bertz CT molecular complexity index is 1620. The van der Waals surface area contributed by atoms with Crippen LogP contribution in [0.15, 0.2) is 102 Å². The number of hydrogen-bond donors (Lipinski definition) is 0. The minimum Gasteiger partial charge on any atom is -0.501 e. The summed E-state index contributed by atoms with van der Waals surface area (Å²) < 4.78 is 6.15. The van der Waals surface area contributed by atoms with Crippen molar-refractivity contribution in [2.24, 2.45) is 0 Å². The van der Waals surface area contributed by atoms with Crippen molar-refractivity contribution in [1.29, 1.82) is 0 Å². The van der Waals surface area contributed by atoms with Crippen LogP contribution in [0.5, 0.6) is 0 Å². The minimum absolute atomic E-state index is 0. The first-order chi connectivity index (χ1) is 17.4. The Morgan fingerprint density at radius 2 is 1.54 bits per heavy atom. The predicted molar refractivity (Wildman–Crippen MR) is 152 cm³/mol. The average molecular weight is 677 g/mol. The summed E-state index contributed by atoms with van der Waals surface area (Å²) >= 11 is 0. The fraction of sp³-hybridized carbons (Fsp3) is 0.125. The van der Waals surface area contributed by atoms with Crippen molar-refractivity contribution in [3.05, 3.63) is 115 Å². The molecule has 0 aliphatic carbocycles. The maximum Gasteiger partial charge on any atom is 0.120 e. The average Bonchev–Trinajstić information content (AvgIpc) is 3.28. The number of rotatable bonds is 3. The zero-order valence-corrected chi connectivity index (χ0v) is 24.8. The summed E-state index contributed by atoms with van der Waals surface area (Å²) in [6.45, 7) is 9.16. The van der Waals surface area contributed by atoms with Gasteiger partial charge in [-0.15, -0.1) is 54.1 Å². The van der Waals surface area contributed by atoms with Gasteiger partial charge in [-0.3, -0.25) is 0 Å². The number of aromatic nitrogens is 2. The van der Waals surface area contributed by atoms with E-state index in [1.807, 2.05) is 60.8 Å². The maximum absolute atomic E-state index is 6.15. The normalized spacial score (nSPS) is 11.0. The monoisotopic (exact) mass is 677 g/mol. The predicted octanol–water partition coefficient (Wildman–Crippen LogP) is 7.85. The molecule has 1 radical (unpaired) electrons. The first-order valence-corrected chi connectivity index (χ1v) is 15.6. The SMILES string of the molecule is C[Si](C)(C)c1ccc2oc3c(-c4ccccn4)[c-]ccc3c2c1.Cc1ccnc(-c2[c-]cccc2)c1.[Ir]. The Morgan fingerprint density at radius 1 is 0.730 bits per heavy atom. The molecule has 37 heavy (non-hydrogen) atoms. The first-order valence-electron chi connectivity index (χ1n) is 12.1. The molecule has 0 fully saturated rings. The molecule has 0 bridgehead atoms. The minimum atomic E-state index is -1.35. The Balaban J connectivity index is 0.000000195. The van der Waals surface area contributed by atoms with Crippen LogP contribution in [-0.4, -0.2) is 18.0 Å². The Morgan fingerprint density at radius 3 is 2.24 bits per heavy atom. The molecule has 5 heteroatoms. The number of furan rings is 1. The summed E-state index contributed by atoms with van der Waals surface area (Å²) in [7, 11) is -1.35. The quantitative estimate of drug-likeness (QED) is 0.142. The zero-order chi connectivity index (χ0) is 25.1. The van der Waals surface area contributed by atoms with Crippen molar-refractivity contribution in [3.63, 3.8) is 0 Å². The standard InChI is InChI=1S/C20H18NOSi.C12H10N.Ir/c1-23(2,3)14-10-11-19-17(13-14)15-7-6-8-16(20(15)22-19)18-9-4-5-12-21-18;1-10-7-8-13-12(9-10)11-5-3-2-4-6-11;/h4-7,9-13H,1-3H3;2-5,7-9H,1H3;/q2*-1;. The molecule has 3 heterocycles. The fourth-order valence-corrected chi connectivity index (χ4v) is 5.31. The van der Waals surface area contributed by atoms with E-state index in [2.05, 4.69) is 79.0 Å². The molecule has 187 valence electrons. The number of hydrogen-bond acceptors (Lipinski definition) is 3. The van der Waals surface area contributed by atoms with Crippen molar-refractivity contribution in [3.8, 4) is 22.5 Å². The van der Waals surface area contributed by atoms with Gasteiger partial charge in [-0.2, -0.15) is 0 Å². The number of benzene rings is 3. The summed E-state index contributed by atoms with van der Waals surface area (Å²) in [6, 6.07) is 34.9. The molecule has 0 spiro atoms. The van der Waals surface area contributed by atoms with Gasteiger partial charge >= 0.3 is 0 Å². The van der Waals surface area contributed by atoms with Gasteiger partial charge in [0, 0.05) is 37.9 Å². The molecule has 0 amide bonds. The van der Waals surface area contributed by atoms with Crippen LogP contribution in [0.25, 0.3) is 44.5 Å². The second-order valence-electron chi connectivity index (χ2n) is 9.87. The van der Waals surface area contributed by atoms with Crippen LogP contribution in [-0.2, 0) is 20.1 Å². The Labute approximate surface area is 233 Å². The second kappa shape index (κ2) is 11.3. The largest absolute Gasteiger partial charge is 0.501 e. The third-order valence-corrected chi connectivity index (χ3v) is 8.16. The van der Waals surface area contributed by atoms with Crippen molar-refractivity contribution in [2.45, 2.75) is 26.6 Å². The number of nitrogens with zero attached hydrogens (tertiary/aromatic N) is 2. The van der Waals surface area contributed by atoms with Crippen LogP contribution in [0.1, 0.15) is 5.56 Å². The van der Waals surface area contributed by atoms with Crippen molar-refractivity contribution in [2.75, 3.05) is 0 Å². The van der Waals surface area contributed by atoms with E-state index in [1.54, 1.807) is 6.20 Å². The van der Waals surface area contributed by atoms with Gasteiger partial charge in [0.2, 0.25) is 0 Å². The molecule has 3 aromatic carbocycles. The summed E-state index contributed by atoms with van der Waals surface area (Å²) in [5, 5.41) is 3.77. The smallest absolute Gasteiger partial charge is 0.120 e. The molecule has 0 atom stereocenters. The van der Waals surface area contributed by atoms with E-state index in [9.17, 15) is 0 Å². The van der Waals surface area contributed by atoms with Crippen LogP contribution in [0.2, 0.25) is 19.6 Å². The van der Waals surface area contributed by atoms with E-state index < -0.39 is 8.07 Å². The fourth-order valence-electron chi connectivity index (χ4n) is 4.15. The molecule has 3 nitrogen and oxygen atoms in total. The van der Waals surface area contributed by atoms with Crippen LogP contribution in [0.4, 0.5) is 0 Å². The third-order valence-electron chi connectivity index (χ3n) is 6.12. The van der Waals surface area contributed by atoms with E-state index in [0.29, 0.717) is 0 Å². The molecule has 0 saturated carbocycles. The molecule has 0 aliphatic rings. The molecule has 0 unspecified atom stereocenters. The van der Waals surface area contributed by atoms with E-state index >= 15 is 0 Å². The maximum atomic E-state index is 6.15. The van der Waals surface area contributed by atoms with Gasteiger partial charge in [0.15, 0.2) is 0 Å². The van der Waals surface area contributed by atoms with Crippen molar-refractivity contribution in [1.82, 2.24) is 9.97 Å². The van der Waals surface area contributed by atoms with Crippen LogP contribution >= 0.6 is 0 Å². The number of pyridine rings is 2. The summed E-state index contributed by atoms with van der Waals surface area (Å²) in [5.74, 6) is 0. The zero-order valence-electron chi connectivity index (χ0n) is 21.4. The third kappa shape index (κ3) is 5.96. The van der Waals surface area contributed by atoms with Crippen molar-refractivity contribution >= 4 is 35.2 Å². The van der Waals surface area contributed by atoms with Crippen LogP contribution < -0.4 is 5.19 Å². The van der Waals surface area contributed by atoms with E-state index in [1.165, 1.54) is 16.1 Å². The second-order valence-corrected chi connectivity index (χ2v) is 14.9. The molecule has 6 aromatic rings. The molecule has 0 aliphatic heterocycles. The van der Waals surface area contributed by atoms with Crippen molar-refractivity contribution < 1.29 is 24.5 Å². The first kappa shape index (κ1) is 26.7. The van der Waals surface area contributed by atoms with Crippen LogP contribution in [0, 0.1) is 19.1 Å². The molecule has 0 saturated heterocycles. The molecular formula is C32H28IrN2OSi-2. The number of fused-ring (bicyclic) bond motifs is 3. The van der Waals surface area contributed by atoms with Gasteiger partial charge in [0.05, 0.1) is 13.7 Å². The van der Waals surface area contributed by atoms with E-state index in [0.717, 1.165) is 39.1 Å². The number of aryl methyl sites for hydroxylation is 1. The van der Waals surface area contributed by atoms with E-state index in [4.69, 9.17) is 4.42 Å². The van der Waals surface area contributed by atoms with Gasteiger partial charge in [0.1, 0.15) is 5.58 Å². The molecule has 0 N–H and O–H groups in total. The molecule has 6 rings (SSSR count). The summed E-state index contributed by atoms with van der Waals surface area (Å²) in [5.41, 5.74) is 6.87. The molecular weight excluding hydrogens is 649 g/mol. The van der Waals surface area contributed by atoms with Gasteiger partial charge in [-0.1, -0.05) is 71.7 Å². The van der Waals surface area contributed by atoms with Gasteiger partial charge < -0.3 is 14.4 Å². The topological polar surface area (TPSA) is 38.9 Å². The Hall–Kier alpha value is -3.37. The summed E-state index contributed by atoms with van der Waals surface area (Å²) in [4.78, 5) is 8.72. The van der Waals surface area contributed by atoms with Crippen LogP contribution in [0.3, 0.4) is 0 Å².